The standard InChI is InChI=1S/C19H20N2O6/c1-13-16(4-3-5-17(13)21(24)25)19(23)27-12-18(22)20-11-10-14-6-8-15(26-2)9-7-14/h3-9H,10-12H2,1-2H3,(H,20,22). The number of hydrogen-bond donors (Lipinski definition) is 1. The molecule has 0 aliphatic rings. The molecule has 0 saturated heterocycles. The predicted molar refractivity (Wildman–Crippen MR) is 97.8 cm³/mol. The van der Waals surface area contributed by atoms with Gasteiger partial charge >= 0.3 is 5.97 Å². The van der Waals surface area contributed by atoms with Crippen molar-refractivity contribution in [2.24, 2.45) is 0 Å². The van der Waals surface area contributed by atoms with E-state index >= 15 is 0 Å². The Kier molecular flexibility index (Phi) is 6.87. The fourth-order valence-electron chi connectivity index (χ4n) is 2.44. The van der Waals surface area contributed by atoms with Crippen LogP contribution in [-0.4, -0.2) is 37.1 Å². The van der Waals surface area contributed by atoms with E-state index in [1.165, 1.54) is 25.1 Å². The lowest BCUT2D eigenvalue weighted by atomic mass is 10.1. The molecule has 0 saturated carbocycles. The molecule has 0 aliphatic heterocycles. The fourth-order valence-corrected chi connectivity index (χ4v) is 2.44. The molecular weight excluding hydrogens is 352 g/mol. The number of carbonyl (C=O) groups excluding carboxylic acids is 2. The average molecular weight is 372 g/mol. The molecule has 0 fully saturated rings. The molecule has 142 valence electrons. The van der Waals surface area contributed by atoms with Gasteiger partial charge in [0, 0.05) is 18.2 Å². The number of amides is 1. The van der Waals surface area contributed by atoms with Gasteiger partial charge in [0.05, 0.1) is 17.6 Å². The second-order valence-electron chi connectivity index (χ2n) is 5.73. The molecule has 0 heterocycles. The SMILES string of the molecule is COc1ccc(CCNC(=O)COC(=O)c2cccc([N+](=O)[O-])c2C)cc1. The van der Waals surface area contributed by atoms with Crippen molar-refractivity contribution >= 4 is 17.6 Å². The van der Waals surface area contributed by atoms with Gasteiger partial charge < -0.3 is 14.8 Å². The van der Waals surface area contributed by atoms with Crippen molar-refractivity contribution in [2.45, 2.75) is 13.3 Å². The van der Waals surface area contributed by atoms with E-state index in [-0.39, 0.29) is 16.8 Å². The van der Waals surface area contributed by atoms with Crippen molar-refractivity contribution in [3.63, 3.8) is 0 Å². The Labute approximate surface area is 156 Å². The molecule has 1 N–H and O–H groups in total. The van der Waals surface area contributed by atoms with Crippen LogP contribution in [0.2, 0.25) is 0 Å². The maximum atomic E-state index is 12.1. The Bertz CT molecular complexity index is 833. The third-order valence-electron chi connectivity index (χ3n) is 3.95. The molecule has 0 aliphatic carbocycles. The highest BCUT2D eigenvalue weighted by Gasteiger charge is 2.19. The Morgan fingerprint density at radius 2 is 1.85 bits per heavy atom. The monoisotopic (exact) mass is 372 g/mol. The van der Waals surface area contributed by atoms with E-state index in [0.717, 1.165) is 11.3 Å². The van der Waals surface area contributed by atoms with Crippen LogP contribution in [0.15, 0.2) is 42.5 Å². The lowest BCUT2D eigenvalue weighted by Gasteiger charge is -2.08. The maximum Gasteiger partial charge on any atom is 0.339 e. The largest absolute Gasteiger partial charge is 0.497 e. The minimum atomic E-state index is -0.776. The van der Waals surface area contributed by atoms with E-state index in [2.05, 4.69) is 5.32 Å². The summed E-state index contributed by atoms with van der Waals surface area (Å²) >= 11 is 0. The van der Waals surface area contributed by atoms with Crippen LogP contribution >= 0.6 is 0 Å². The molecule has 0 aromatic heterocycles. The van der Waals surface area contributed by atoms with E-state index in [1.54, 1.807) is 7.11 Å². The summed E-state index contributed by atoms with van der Waals surface area (Å²) in [4.78, 5) is 34.2. The first-order valence-electron chi connectivity index (χ1n) is 8.23. The number of nitro groups is 1. The highest BCUT2D eigenvalue weighted by molar-refractivity contribution is 5.93. The highest BCUT2D eigenvalue weighted by atomic mass is 16.6. The summed E-state index contributed by atoms with van der Waals surface area (Å²) in [5, 5.41) is 13.6. The minimum absolute atomic E-state index is 0.0650. The third-order valence-corrected chi connectivity index (χ3v) is 3.95. The number of carbonyl (C=O) groups is 2. The van der Waals surface area contributed by atoms with Gasteiger partial charge in [0.15, 0.2) is 6.61 Å². The van der Waals surface area contributed by atoms with Gasteiger partial charge in [0.25, 0.3) is 11.6 Å². The predicted octanol–water partition coefficient (Wildman–Crippen LogP) is 2.43. The van der Waals surface area contributed by atoms with Crippen molar-refractivity contribution < 1.29 is 24.0 Å². The second-order valence-corrected chi connectivity index (χ2v) is 5.73. The van der Waals surface area contributed by atoms with E-state index < -0.39 is 23.4 Å². The van der Waals surface area contributed by atoms with Gasteiger partial charge in [-0.3, -0.25) is 14.9 Å². The number of benzene rings is 2. The Hall–Kier alpha value is -3.42. The molecule has 0 bridgehead atoms. The van der Waals surface area contributed by atoms with Crippen molar-refractivity contribution in [3.05, 3.63) is 69.3 Å². The van der Waals surface area contributed by atoms with Crippen LogP contribution in [0.5, 0.6) is 5.75 Å². The van der Waals surface area contributed by atoms with Crippen LogP contribution in [0.4, 0.5) is 5.69 Å². The van der Waals surface area contributed by atoms with Crippen molar-refractivity contribution in [1.82, 2.24) is 5.32 Å². The first kappa shape index (κ1) is 19.9. The van der Waals surface area contributed by atoms with Crippen molar-refractivity contribution in [2.75, 3.05) is 20.3 Å². The zero-order valence-electron chi connectivity index (χ0n) is 15.1. The molecule has 0 spiro atoms. The number of nitrogens with zero attached hydrogens (tertiary/aromatic N) is 1. The zero-order chi connectivity index (χ0) is 19.8. The van der Waals surface area contributed by atoms with Gasteiger partial charge in [-0.25, -0.2) is 4.79 Å². The Morgan fingerprint density at radius 3 is 2.48 bits per heavy atom. The highest BCUT2D eigenvalue weighted by Crippen LogP contribution is 2.21. The Morgan fingerprint density at radius 1 is 1.15 bits per heavy atom. The zero-order valence-corrected chi connectivity index (χ0v) is 15.1. The molecule has 1 amide bonds. The molecule has 0 radical (unpaired) electrons. The topological polar surface area (TPSA) is 108 Å². The van der Waals surface area contributed by atoms with Crippen LogP contribution < -0.4 is 10.1 Å². The van der Waals surface area contributed by atoms with Gasteiger partial charge in [-0.1, -0.05) is 18.2 Å². The molecule has 2 rings (SSSR count). The van der Waals surface area contributed by atoms with Crippen LogP contribution in [0.25, 0.3) is 0 Å². The number of rotatable bonds is 8. The normalized spacial score (nSPS) is 10.1. The summed E-state index contributed by atoms with van der Waals surface area (Å²) in [7, 11) is 1.59. The molecule has 2 aromatic rings. The van der Waals surface area contributed by atoms with Gasteiger partial charge in [-0.05, 0) is 37.1 Å². The summed E-state index contributed by atoms with van der Waals surface area (Å²) in [6.07, 6.45) is 0.619. The van der Waals surface area contributed by atoms with Gasteiger partial charge in [-0.2, -0.15) is 0 Å². The van der Waals surface area contributed by atoms with E-state index in [1.807, 2.05) is 24.3 Å². The number of ether oxygens (including phenoxy) is 2. The first-order chi connectivity index (χ1) is 12.9. The second kappa shape index (κ2) is 9.33. The molecule has 8 heteroatoms. The molecule has 8 nitrogen and oxygen atoms in total. The lowest BCUT2D eigenvalue weighted by Crippen LogP contribution is -2.30. The smallest absolute Gasteiger partial charge is 0.339 e. The summed E-state index contributed by atoms with van der Waals surface area (Å²) in [5.41, 5.74) is 1.12. The van der Waals surface area contributed by atoms with Gasteiger partial charge in [-0.15, -0.1) is 0 Å². The molecule has 0 unspecified atom stereocenters. The van der Waals surface area contributed by atoms with Crippen molar-refractivity contribution in [1.29, 1.82) is 0 Å². The number of nitro benzene ring substituents is 1. The van der Waals surface area contributed by atoms with Gasteiger partial charge in [0.2, 0.25) is 0 Å². The number of nitrogens with one attached hydrogen (secondary N) is 1. The average Bonchev–Trinajstić information content (AvgIpc) is 2.66. The van der Waals surface area contributed by atoms with Crippen LogP contribution in [0.3, 0.4) is 0 Å². The number of hydrogen-bond acceptors (Lipinski definition) is 6. The van der Waals surface area contributed by atoms with Crippen LogP contribution in [0, 0.1) is 17.0 Å². The number of methoxy groups -OCH3 is 1. The minimum Gasteiger partial charge on any atom is -0.497 e. The van der Waals surface area contributed by atoms with Crippen LogP contribution in [-0.2, 0) is 16.0 Å². The van der Waals surface area contributed by atoms with Crippen molar-refractivity contribution in [3.8, 4) is 5.75 Å². The van der Waals surface area contributed by atoms with E-state index in [0.29, 0.717) is 13.0 Å². The van der Waals surface area contributed by atoms with E-state index in [9.17, 15) is 19.7 Å². The third kappa shape index (κ3) is 5.53. The van der Waals surface area contributed by atoms with E-state index in [4.69, 9.17) is 9.47 Å². The van der Waals surface area contributed by atoms with Gasteiger partial charge in [0.1, 0.15) is 5.75 Å². The fraction of sp³-hybridized carbons (Fsp3) is 0.263. The summed E-state index contributed by atoms with van der Waals surface area (Å²) in [6, 6.07) is 11.6. The quantitative estimate of drug-likeness (QED) is 0.433. The molecule has 0 atom stereocenters. The lowest BCUT2D eigenvalue weighted by molar-refractivity contribution is -0.385. The summed E-state index contributed by atoms with van der Waals surface area (Å²) in [5.74, 6) is -0.465. The molecule has 2 aromatic carbocycles. The molecule has 27 heavy (non-hydrogen) atoms. The maximum absolute atomic E-state index is 12.1. The Balaban J connectivity index is 1.80. The molecular formula is C19H20N2O6. The van der Waals surface area contributed by atoms with Crippen LogP contribution in [0.1, 0.15) is 21.5 Å². The first-order valence-corrected chi connectivity index (χ1v) is 8.23. The summed E-state index contributed by atoms with van der Waals surface area (Å²) < 4.78 is 10.0. The number of esters is 1. The summed E-state index contributed by atoms with van der Waals surface area (Å²) in [6.45, 7) is 1.39.